The van der Waals surface area contributed by atoms with Crippen molar-refractivity contribution in [2.45, 2.75) is 19.3 Å². The van der Waals surface area contributed by atoms with Crippen molar-refractivity contribution < 1.29 is 19.1 Å². The number of hydrogen-bond donors (Lipinski definition) is 2. The maximum atomic E-state index is 12.5. The highest BCUT2D eigenvalue weighted by atomic mass is 16.5. The molecule has 29 heavy (non-hydrogen) atoms. The van der Waals surface area contributed by atoms with Crippen LogP contribution in [0.3, 0.4) is 0 Å². The monoisotopic (exact) mass is 395 g/mol. The van der Waals surface area contributed by atoms with Crippen molar-refractivity contribution in [2.24, 2.45) is 0 Å². The molecule has 0 bridgehead atoms. The van der Waals surface area contributed by atoms with Gasteiger partial charge in [0, 0.05) is 31.6 Å². The number of esters is 1. The van der Waals surface area contributed by atoms with E-state index in [1.807, 2.05) is 12.1 Å². The Balaban J connectivity index is 1.63. The molecule has 0 spiro atoms. The SMILES string of the molecule is COC(=O)c1ccc(N2CCCC2)c(NC(=O)CCNC(=O)c2ccccc2)c1. The van der Waals surface area contributed by atoms with Gasteiger partial charge in [0.1, 0.15) is 0 Å². The third-order valence-electron chi connectivity index (χ3n) is 4.81. The van der Waals surface area contributed by atoms with Gasteiger partial charge in [-0.3, -0.25) is 9.59 Å². The van der Waals surface area contributed by atoms with Crippen LogP contribution in [0.1, 0.15) is 40.0 Å². The molecule has 2 N–H and O–H groups in total. The van der Waals surface area contributed by atoms with E-state index in [-0.39, 0.29) is 24.8 Å². The summed E-state index contributed by atoms with van der Waals surface area (Å²) < 4.78 is 4.78. The third kappa shape index (κ3) is 5.34. The number of anilines is 2. The summed E-state index contributed by atoms with van der Waals surface area (Å²) in [6.07, 6.45) is 2.32. The van der Waals surface area contributed by atoms with Crippen LogP contribution >= 0.6 is 0 Å². The number of amides is 2. The van der Waals surface area contributed by atoms with Gasteiger partial charge in [0.2, 0.25) is 5.91 Å². The lowest BCUT2D eigenvalue weighted by molar-refractivity contribution is -0.116. The fourth-order valence-corrected chi connectivity index (χ4v) is 3.31. The van der Waals surface area contributed by atoms with Gasteiger partial charge in [-0.2, -0.15) is 0 Å². The van der Waals surface area contributed by atoms with Gasteiger partial charge in [0.25, 0.3) is 5.91 Å². The quantitative estimate of drug-likeness (QED) is 0.704. The Kier molecular flexibility index (Phi) is 6.84. The number of nitrogens with one attached hydrogen (secondary N) is 2. The highest BCUT2D eigenvalue weighted by molar-refractivity contribution is 5.99. The number of carbonyl (C=O) groups is 3. The summed E-state index contributed by atoms with van der Waals surface area (Å²) in [5, 5.41) is 5.62. The normalized spacial score (nSPS) is 13.1. The summed E-state index contributed by atoms with van der Waals surface area (Å²) in [5.41, 5.74) is 2.39. The fraction of sp³-hybridized carbons (Fsp3) is 0.318. The van der Waals surface area contributed by atoms with Gasteiger partial charge < -0.3 is 20.3 Å². The van der Waals surface area contributed by atoms with Crippen LogP contribution in [0.15, 0.2) is 48.5 Å². The Bertz CT molecular complexity index is 877. The highest BCUT2D eigenvalue weighted by Crippen LogP contribution is 2.30. The first-order valence-electron chi connectivity index (χ1n) is 9.69. The zero-order chi connectivity index (χ0) is 20.6. The number of hydrogen-bond acceptors (Lipinski definition) is 5. The van der Waals surface area contributed by atoms with Crippen LogP contribution in [0.4, 0.5) is 11.4 Å². The van der Waals surface area contributed by atoms with E-state index >= 15 is 0 Å². The second kappa shape index (κ2) is 9.73. The lowest BCUT2D eigenvalue weighted by Crippen LogP contribution is -2.28. The Morgan fingerprint density at radius 3 is 2.41 bits per heavy atom. The van der Waals surface area contributed by atoms with Crippen LogP contribution < -0.4 is 15.5 Å². The predicted octanol–water partition coefficient (Wildman–Crippen LogP) is 2.83. The Hall–Kier alpha value is -3.35. The molecule has 1 aliphatic rings. The van der Waals surface area contributed by atoms with Gasteiger partial charge in [0.15, 0.2) is 0 Å². The van der Waals surface area contributed by atoms with Crippen molar-refractivity contribution in [3.63, 3.8) is 0 Å². The van der Waals surface area contributed by atoms with E-state index in [2.05, 4.69) is 15.5 Å². The minimum absolute atomic E-state index is 0.125. The molecule has 1 heterocycles. The molecule has 0 unspecified atom stereocenters. The van der Waals surface area contributed by atoms with Crippen molar-refractivity contribution in [3.8, 4) is 0 Å². The fourth-order valence-electron chi connectivity index (χ4n) is 3.31. The molecule has 7 nitrogen and oxygen atoms in total. The van der Waals surface area contributed by atoms with E-state index in [0.717, 1.165) is 31.6 Å². The Labute approximate surface area is 170 Å². The first kappa shape index (κ1) is 20.4. The Morgan fingerprint density at radius 2 is 1.72 bits per heavy atom. The standard InChI is InChI=1S/C22H25N3O4/c1-29-22(28)17-9-10-19(25-13-5-6-14-25)18(15-17)24-20(26)11-12-23-21(27)16-7-3-2-4-8-16/h2-4,7-10,15H,5-6,11-14H2,1H3,(H,23,27)(H,24,26). The number of rotatable bonds is 7. The molecular formula is C22H25N3O4. The van der Waals surface area contributed by atoms with Crippen molar-refractivity contribution in [1.82, 2.24) is 5.32 Å². The zero-order valence-corrected chi connectivity index (χ0v) is 16.4. The average molecular weight is 395 g/mol. The molecule has 0 aromatic heterocycles. The topological polar surface area (TPSA) is 87.7 Å². The molecule has 0 atom stereocenters. The first-order chi connectivity index (χ1) is 14.1. The van der Waals surface area contributed by atoms with Crippen LogP contribution in [0.2, 0.25) is 0 Å². The number of methoxy groups -OCH3 is 1. The van der Waals surface area contributed by atoms with E-state index in [1.165, 1.54) is 7.11 Å². The van der Waals surface area contributed by atoms with Gasteiger partial charge in [-0.25, -0.2) is 4.79 Å². The lowest BCUT2D eigenvalue weighted by atomic mass is 10.1. The smallest absolute Gasteiger partial charge is 0.337 e. The second-order valence-corrected chi connectivity index (χ2v) is 6.84. The van der Waals surface area contributed by atoms with E-state index in [1.54, 1.807) is 36.4 Å². The minimum Gasteiger partial charge on any atom is -0.465 e. The van der Waals surface area contributed by atoms with E-state index in [9.17, 15) is 14.4 Å². The van der Waals surface area contributed by atoms with Crippen LogP contribution in [-0.4, -0.2) is 44.5 Å². The van der Waals surface area contributed by atoms with Crippen LogP contribution in [0, 0.1) is 0 Å². The molecular weight excluding hydrogens is 370 g/mol. The molecule has 1 aliphatic heterocycles. The van der Waals surface area contributed by atoms with Crippen LogP contribution in [0.25, 0.3) is 0 Å². The summed E-state index contributed by atoms with van der Waals surface area (Å²) in [6.45, 7) is 2.04. The average Bonchev–Trinajstić information content (AvgIpc) is 3.28. The second-order valence-electron chi connectivity index (χ2n) is 6.84. The largest absolute Gasteiger partial charge is 0.465 e. The van der Waals surface area contributed by atoms with Gasteiger partial charge in [-0.05, 0) is 43.2 Å². The lowest BCUT2D eigenvalue weighted by Gasteiger charge is -2.22. The van der Waals surface area contributed by atoms with Gasteiger partial charge in [-0.1, -0.05) is 18.2 Å². The number of carbonyl (C=O) groups excluding carboxylic acids is 3. The van der Waals surface area contributed by atoms with Crippen LogP contribution in [-0.2, 0) is 9.53 Å². The maximum Gasteiger partial charge on any atom is 0.337 e. The maximum absolute atomic E-state index is 12.5. The molecule has 0 aliphatic carbocycles. The molecule has 2 aromatic rings. The summed E-state index contributed by atoms with van der Waals surface area (Å²) in [6, 6.07) is 14.0. The first-order valence-corrected chi connectivity index (χ1v) is 9.69. The van der Waals surface area contributed by atoms with E-state index in [0.29, 0.717) is 16.8 Å². The van der Waals surface area contributed by atoms with Crippen molar-refractivity contribution in [2.75, 3.05) is 37.0 Å². The summed E-state index contributed by atoms with van der Waals surface area (Å²) in [7, 11) is 1.32. The number of ether oxygens (including phenoxy) is 1. The van der Waals surface area contributed by atoms with E-state index < -0.39 is 5.97 Å². The Morgan fingerprint density at radius 1 is 1.00 bits per heavy atom. The van der Waals surface area contributed by atoms with Gasteiger partial charge in [-0.15, -0.1) is 0 Å². The zero-order valence-electron chi connectivity index (χ0n) is 16.4. The predicted molar refractivity (Wildman–Crippen MR) is 111 cm³/mol. The summed E-state index contributed by atoms with van der Waals surface area (Å²) in [5.74, 6) is -0.909. The van der Waals surface area contributed by atoms with E-state index in [4.69, 9.17) is 4.74 Å². The molecule has 2 aromatic carbocycles. The number of benzene rings is 2. The molecule has 2 amide bonds. The summed E-state index contributed by atoms with van der Waals surface area (Å²) >= 11 is 0. The third-order valence-corrected chi connectivity index (χ3v) is 4.81. The minimum atomic E-state index is -0.455. The van der Waals surface area contributed by atoms with Gasteiger partial charge in [0.05, 0.1) is 24.0 Å². The molecule has 0 saturated carbocycles. The molecule has 1 fully saturated rings. The van der Waals surface area contributed by atoms with Crippen LogP contribution in [0.5, 0.6) is 0 Å². The highest BCUT2D eigenvalue weighted by Gasteiger charge is 2.19. The molecule has 1 saturated heterocycles. The van der Waals surface area contributed by atoms with Crippen molar-refractivity contribution >= 4 is 29.2 Å². The molecule has 7 heteroatoms. The molecule has 0 radical (unpaired) electrons. The summed E-state index contributed by atoms with van der Waals surface area (Å²) in [4.78, 5) is 38.6. The number of nitrogens with zero attached hydrogens (tertiary/aromatic N) is 1. The van der Waals surface area contributed by atoms with Gasteiger partial charge >= 0.3 is 5.97 Å². The molecule has 152 valence electrons. The van der Waals surface area contributed by atoms with Crippen molar-refractivity contribution in [1.29, 1.82) is 0 Å². The van der Waals surface area contributed by atoms with Crippen molar-refractivity contribution in [3.05, 3.63) is 59.7 Å². The molecule has 3 rings (SSSR count).